The first-order valence-corrected chi connectivity index (χ1v) is 9.11. The first-order chi connectivity index (χ1) is 12.6. The first-order valence-electron chi connectivity index (χ1n) is 9.11. The van der Waals surface area contributed by atoms with Gasteiger partial charge in [0.2, 0.25) is 11.8 Å². The highest BCUT2D eigenvalue weighted by Gasteiger charge is 2.11. The van der Waals surface area contributed by atoms with Gasteiger partial charge in [0.15, 0.2) is 0 Å². The predicted octanol–water partition coefficient (Wildman–Crippen LogP) is 3.82. The van der Waals surface area contributed by atoms with E-state index in [0.717, 1.165) is 18.7 Å². The maximum Gasteiger partial charge on any atom is 0.228 e. The Kier molecular flexibility index (Phi) is 5.89. The standard InChI is InChI=1S/C21H25N3O2/c1-16(25)22-18-6-5-7-19(15-18)23-21(26)14-17-8-10-20(11-9-17)24-12-3-2-4-13-24/h5-11,15H,2-4,12-14H2,1H3,(H,22,25)(H,23,26). The summed E-state index contributed by atoms with van der Waals surface area (Å²) in [6.45, 7) is 3.69. The van der Waals surface area contributed by atoms with E-state index < -0.39 is 0 Å². The monoisotopic (exact) mass is 351 g/mol. The molecule has 0 aromatic heterocycles. The van der Waals surface area contributed by atoms with Crippen LogP contribution in [0.3, 0.4) is 0 Å². The number of amides is 2. The second-order valence-corrected chi connectivity index (χ2v) is 6.70. The third-order valence-corrected chi connectivity index (χ3v) is 4.49. The highest BCUT2D eigenvalue weighted by molar-refractivity contribution is 5.94. The van der Waals surface area contributed by atoms with Gasteiger partial charge < -0.3 is 15.5 Å². The molecule has 5 heteroatoms. The van der Waals surface area contributed by atoms with Gasteiger partial charge in [-0.25, -0.2) is 0 Å². The highest BCUT2D eigenvalue weighted by Crippen LogP contribution is 2.21. The lowest BCUT2D eigenvalue weighted by molar-refractivity contribution is -0.115. The molecule has 136 valence electrons. The first kappa shape index (κ1) is 18.0. The van der Waals surface area contributed by atoms with Gasteiger partial charge in [0, 0.05) is 37.1 Å². The Morgan fingerprint density at radius 3 is 2.23 bits per heavy atom. The molecule has 0 atom stereocenters. The number of piperidine rings is 1. The van der Waals surface area contributed by atoms with Crippen molar-refractivity contribution in [1.29, 1.82) is 0 Å². The van der Waals surface area contributed by atoms with Crippen molar-refractivity contribution in [1.82, 2.24) is 0 Å². The fraction of sp³-hybridized carbons (Fsp3) is 0.333. The van der Waals surface area contributed by atoms with E-state index in [1.807, 2.05) is 18.2 Å². The number of carbonyl (C=O) groups is 2. The molecule has 0 aliphatic carbocycles. The number of anilines is 3. The van der Waals surface area contributed by atoms with Gasteiger partial charge in [0.25, 0.3) is 0 Å². The summed E-state index contributed by atoms with van der Waals surface area (Å²) in [5.74, 6) is -0.210. The van der Waals surface area contributed by atoms with Gasteiger partial charge in [-0.3, -0.25) is 9.59 Å². The molecular weight excluding hydrogens is 326 g/mol. The van der Waals surface area contributed by atoms with Crippen LogP contribution in [0.4, 0.5) is 17.1 Å². The lowest BCUT2D eigenvalue weighted by Gasteiger charge is -2.28. The molecule has 1 fully saturated rings. The van der Waals surface area contributed by atoms with Crippen LogP contribution in [0, 0.1) is 0 Å². The Bertz CT molecular complexity index is 765. The zero-order valence-electron chi connectivity index (χ0n) is 15.1. The molecule has 1 aliphatic heterocycles. The van der Waals surface area contributed by atoms with Crippen molar-refractivity contribution in [3.8, 4) is 0 Å². The number of rotatable bonds is 5. The summed E-state index contributed by atoms with van der Waals surface area (Å²) in [5, 5.41) is 5.59. The van der Waals surface area contributed by atoms with E-state index >= 15 is 0 Å². The summed E-state index contributed by atoms with van der Waals surface area (Å²) < 4.78 is 0. The summed E-state index contributed by atoms with van der Waals surface area (Å²) in [6.07, 6.45) is 4.14. The van der Waals surface area contributed by atoms with Gasteiger partial charge in [0.1, 0.15) is 0 Å². The smallest absolute Gasteiger partial charge is 0.228 e. The second-order valence-electron chi connectivity index (χ2n) is 6.70. The number of nitrogens with one attached hydrogen (secondary N) is 2. The van der Waals surface area contributed by atoms with Crippen LogP contribution in [0.25, 0.3) is 0 Å². The zero-order valence-corrected chi connectivity index (χ0v) is 15.1. The zero-order chi connectivity index (χ0) is 18.4. The maximum absolute atomic E-state index is 12.3. The quantitative estimate of drug-likeness (QED) is 0.861. The lowest BCUT2D eigenvalue weighted by Crippen LogP contribution is -2.29. The van der Waals surface area contributed by atoms with E-state index in [0.29, 0.717) is 17.8 Å². The van der Waals surface area contributed by atoms with E-state index in [9.17, 15) is 9.59 Å². The van der Waals surface area contributed by atoms with Crippen LogP contribution < -0.4 is 15.5 Å². The van der Waals surface area contributed by atoms with Crippen molar-refractivity contribution in [2.75, 3.05) is 28.6 Å². The molecule has 0 spiro atoms. The molecule has 2 amide bonds. The second kappa shape index (κ2) is 8.52. The summed E-state index contributed by atoms with van der Waals surface area (Å²) in [6, 6.07) is 15.4. The van der Waals surface area contributed by atoms with Crippen molar-refractivity contribution in [2.24, 2.45) is 0 Å². The van der Waals surface area contributed by atoms with Crippen LogP contribution >= 0.6 is 0 Å². The van der Waals surface area contributed by atoms with Crippen LogP contribution in [0.15, 0.2) is 48.5 Å². The van der Waals surface area contributed by atoms with Gasteiger partial charge in [0.05, 0.1) is 6.42 Å². The topological polar surface area (TPSA) is 61.4 Å². The number of benzene rings is 2. The summed E-state index contributed by atoms with van der Waals surface area (Å²) in [4.78, 5) is 25.8. The van der Waals surface area contributed by atoms with Crippen LogP contribution in [0.5, 0.6) is 0 Å². The molecule has 0 radical (unpaired) electrons. The van der Waals surface area contributed by atoms with Crippen LogP contribution in [0.2, 0.25) is 0 Å². The molecule has 1 aliphatic rings. The van der Waals surface area contributed by atoms with Crippen LogP contribution in [-0.4, -0.2) is 24.9 Å². The minimum atomic E-state index is -0.137. The molecule has 1 saturated heterocycles. The Morgan fingerprint density at radius 1 is 0.923 bits per heavy atom. The van der Waals surface area contributed by atoms with Crippen molar-refractivity contribution in [3.05, 3.63) is 54.1 Å². The number of nitrogens with zero attached hydrogens (tertiary/aromatic N) is 1. The third-order valence-electron chi connectivity index (χ3n) is 4.49. The average Bonchev–Trinajstić information content (AvgIpc) is 2.63. The predicted molar refractivity (Wildman–Crippen MR) is 106 cm³/mol. The minimum Gasteiger partial charge on any atom is -0.372 e. The number of carbonyl (C=O) groups excluding carboxylic acids is 2. The molecule has 5 nitrogen and oxygen atoms in total. The van der Waals surface area contributed by atoms with Crippen LogP contribution in [0.1, 0.15) is 31.7 Å². The van der Waals surface area contributed by atoms with Crippen molar-refractivity contribution >= 4 is 28.9 Å². The Balaban J connectivity index is 1.57. The highest BCUT2D eigenvalue weighted by atomic mass is 16.2. The Labute approximate surface area is 154 Å². The largest absolute Gasteiger partial charge is 0.372 e. The normalized spacial score (nSPS) is 14.0. The van der Waals surface area contributed by atoms with Gasteiger partial charge in [-0.1, -0.05) is 18.2 Å². The van der Waals surface area contributed by atoms with E-state index in [4.69, 9.17) is 0 Å². The fourth-order valence-electron chi connectivity index (χ4n) is 3.25. The van der Waals surface area contributed by atoms with E-state index in [1.165, 1.54) is 31.9 Å². The summed E-state index contributed by atoms with van der Waals surface area (Å²) in [5.41, 5.74) is 3.56. The molecule has 1 heterocycles. The van der Waals surface area contributed by atoms with Gasteiger partial charge >= 0.3 is 0 Å². The van der Waals surface area contributed by atoms with Gasteiger partial charge in [-0.15, -0.1) is 0 Å². The number of hydrogen-bond donors (Lipinski definition) is 2. The molecule has 0 unspecified atom stereocenters. The van der Waals surface area contributed by atoms with E-state index in [-0.39, 0.29) is 11.8 Å². The summed E-state index contributed by atoms with van der Waals surface area (Å²) in [7, 11) is 0. The van der Waals surface area contributed by atoms with Crippen molar-refractivity contribution in [3.63, 3.8) is 0 Å². The van der Waals surface area contributed by atoms with Gasteiger partial charge in [-0.2, -0.15) is 0 Å². The SMILES string of the molecule is CC(=O)Nc1cccc(NC(=O)Cc2ccc(N3CCCCC3)cc2)c1. The van der Waals surface area contributed by atoms with Crippen molar-refractivity contribution in [2.45, 2.75) is 32.6 Å². The van der Waals surface area contributed by atoms with E-state index in [2.05, 4.69) is 27.7 Å². The molecule has 2 N–H and O–H groups in total. The van der Waals surface area contributed by atoms with Gasteiger partial charge in [-0.05, 0) is 55.2 Å². The molecule has 0 bridgehead atoms. The molecule has 2 aromatic carbocycles. The van der Waals surface area contributed by atoms with E-state index in [1.54, 1.807) is 18.2 Å². The number of hydrogen-bond acceptors (Lipinski definition) is 3. The summed E-state index contributed by atoms with van der Waals surface area (Å²) >= 11 is 0. The molecule has 26 heavy (non-hydrogen) atoms. The lowest BCUT2D eigenvalue weighted by atomic mass is 10.1. The molecular formula is C21H25N3O2. The minimum absolute atomic E-state index is 0.0734. The van der Waals surface area contributed by atoms with Crippen LogP contribution in [-0.2, 0) is 16.0 Å². The molecule has 0 saturated carbocycles. The molecule has 2 aromatic rings. The maximum atomic E-state index is 12.3. The third kappa shape index (κ3) is 5.09. The fourth-order valence-corrected chi connectivity index (χ4v) is 3.25. The Morgan fingerprint density at radius 2 is 1.58 bits per heavy atom. The van der Waals surface area contributed by atoms with Crippen molar-refractivity contribution < 1.29 is 9.59 Å². The molecule has 3 rings (SSSR count). The average molecular weight is 351 g/mol. The Hall–Kier alpha value is -2.82.